The molecule has 2 aromatic rings. The Hall–Kier alpha value is -2.71. The van der Waals surface area contributed by atoms with Crippen molar-refractivity contribution >= 4 is 5.97 Å². The van der Waals surface area contributed by atoms with Crippen LogP contribution in [0, 0.1) is 17.1 Å². The largest absolute Gasteiger partial charge is 0.460 e. The first-order valence-corrected chi connectivity index (χ1v) is 6.77. The van der Waals surface area contributed by atoms with Gasteiger partial charge in [0.1, 0.15) is 18.5 Å². The second-order valence-corrected chi connectivity index (χ2v) is 4.61. The first-order valence-electron chi connectivity index (χ1n) is 6.77. The van der Waals surface area contributed by atoms with Crippen molar-refractivity contribution in [3.05, 3.63) is 71.5 Å². The minimum absolute atomic E-state index is 0.165. The van der Waals surface area contributed by atoms with Gasteiger partial charge in [0.25, 0.3) is 0 Å². The Morgan fingerprint density at radius 1 is 1.18 bits per heavy atom. The standard InChI is InChI=1S/C17H15FN2O2/c18-15-9-5-4-8-14(15)16(10-19)20-11-17(21)22-12-13-6-2-1-3-7-13/h1-9,16,20H,11-12H2. The molecule has 0 fully saturated rings. The average Bonchev–Trinajstić information content (AvgIpc) is 2.56. The van der Waals surface area contributed by atoms with Crippen molar-refractivity contribution in [3.63, 3.8) is 0 Å². The van der Waals surface area contributed by atoms with Crippen molar-refractivity contribution in [1.82, 2.24) is 5.32 Å². The minimum Gasteiger partial charge on any atom is -0.460 e. The number of halogens is 1. The number of nitrogens with zero attached hydrogens (tertiary/aromatic N) is 1. The number of nitrogens with one attached hydrogen (secondary N) is 1. The number of rotatable bonds is 6. The Bertz CT molecular complexity index is 668. The molecular formula is C17H15FN2O2. The van der Waals surface area contributed by atoms with E-state index in [-0.39, 0.29) is 18.7 Å². The third-order valence-electron chi connectivity index (χ3n) is 3.04. The van der Waals surface area contributed by atoms with Crippen LogP contribution in [-0.2, 0) is 16.1 Å². The van der Waals surface area contributed by atoms with E-state index < -0.39 is 17.8 Å². The maximum Gasteiger partial charge on any atom is 0.320 e. The zero-order chi connectivity index (χ0) is 15.8. The van der Waals surface area contributed by atoms with Crippen molar-refractivity contribution in [2.24, 2.45) is 0 Å². The molecule has 0 aromatic heterocycles. The van der Waals surface area contributed by atoms with Crippen LogP contribution in [0.4, 0.5) is 4.39 Å². The molecule has 0 saturated heterocycles. The fourth-order valence-corrected chi connectivity index (χ4v) is 1.91. The number of carbonyl (C=O) groups is 1. The molecule has 22 heavy (non-hydrogen) atoms. The molecule has 2 rings (SSSR count). The smallest absolute Gasteiger partial charge is 0.320 e. The Kier molecular flexibility index (Phi) is 5.64. The van der Waals surface area contributed by atoms with Crippen LogP contribution in [0.15, 0.2) is 54.6 Å². The van der Waals surface area contributed by atoms with Crippen molar-refractivity contribution < 1.29 is 13.9 Å². The monoisotopic (exact) mass is 298 g/mol. The van der Waals surface area contributed by atoms with Gasteiger partial charge < -0.3 is 4.74 Å². The van der Waals surface area contributed by atoms with Gasteiger partial charge in [-0.25, -0.2) is 4.39 Å². The van der Waals surface area contributed by atoms with Gasteiger partial charge in [0.2, 0.25) is 0 Å². The van der Waals surface area contributed by atoms with Crippen molar-refractivity contribution in [3.8, 4) is 6.07 Å². The second-order valence-electron chi connectivity index (χ2n) is 4.61. The number of hydrogen-bond donors (Lipinski definition) is 1. The van der Waals surface area contributed by atoms with Gasteiger partial charge in [-0.3, -0.25) is 10.1 Å². The predicted molar refractivity (Wildman–Crippen MR) is 79.0 cm³/mol. The fourth-order valence-electron chi connectivity index (χ4n) is 1.91. The summed E-state index contributed by atoms with van der Waals surface area (Å²) in [5.74, 6) is -0.986. The molecule has 5 heteroatoms. The number of benzene rings is 2. The molecule has 0 aliphatic rings. The molecular weight excluding hydrogens is 283 g/mol. The Labute approximate surface area is 128 Å². The van der Waals surface area contributed by atoms with Crippen LogP contribution in [0.3, 0.4) is 0 Å². The topological polar surface area (TPSA) is 62.1 Å². The van der Waals surface area contributed by atoms with Crippen molar-refractivity contribution in [2.45, 2.75) is 12.6 Å². The van der Waals surface area contributed by atoms with E-state index >= 15 is 0 Å². The fraction of sp³-hybridized carbons (Fsp3) is 0.176. The lowest BCUT2D eigenvalue weighted by molar-refractivity contribution is -0.143. The number of carbonyl (C=O) groups excluding carboxylic acids is 1. The van der Waals surface area contributed by atoms with E-state index in [0.29, 0.717) is 0 Å². The highest BCUT2D eigenvalue weighted by Gasteiger charge is 2.15. The van der Waals surface area contributed by atoms with Crippen LogP contribution < -0.4 is 5.32 Å². The summed E-state index contributed by atoms with van der Waals surface area (Å²) in [5.41, 5.74) is 1.09. The summed E-state index contributed by atoms with van der Waals surface area (Å²) in [6, 6.07) is 16.3. The second kappa shape index (κ2) is 7.91. The molecule has 1 N–H and O–H groups in total. The zero-order valence-corrected chi connectivity index (χ0v) is 11.8. The van der Waals surface area contributed by atoms with Crippen LogP contribution in [0.5, 0.6) is 0 Å². The maximum atomic E-state index is 13.6. The van der Waals surface area contributed by atoms with Gasteiger partial charge in [0.15, 0.2) is 0 Å². The molecule has 112 valence electrons. The number of esters is 1. The lowest BCUT2D eigenvalue weighted by Crippen LogP contribution is -2.28. The number of nitriles is 1. The highest BCUT2D eigenvalue weighted by Crippen LogP contribution is 2.15. The van der Waals surface area contributed by atoms with E-state index in [2.05, 4.69) is 5.32 Å². The van der Waals surface area contributed by atoms with Gasteiger partial charge in [-0.1, -0.05) is 48.5 Å². The number of hydrogen-bond acceptors (Lipinski definition) is 4. The Morgan fingerprint density at radius 2 is 1.86 bits per heavy atom. The summed E-state index contributed by atoms with van der Waals surface area (Å²) in [4.78, 5) is 11.7. The van der Waals surface area contributed by atoms with Crippen molar-refractivity contribution in [2.75, 3.05) is 6.54 Å². The summed E-state index contributed by atoms with van der Waals surface area (Å²) in [7, 11) is 0. The maximum absolute atomic E-state index is 13.6. The molecule has 1 unspecified atom stereocenters. The summed E-state index contributed by atoms with van der Waals surface area (Å²) in [6.45, 7) is -0.00232. The molecule has 0 aliphatic carbocycles. The number of ether oxygens (including phenoxy) is 1. The molecule has 0 radical (unpaired) electrons. The highest BCUT2D eigenvalue weighted by atomic mass is 19.1. The van der Waals surface area contributed by atoms with Gasteiger partial charge in [0.05, 0.1) is 12.6 Å². The molecule has 2 aromatic carbocycles. The van der Waals surface area contributed by atoms with Crippen LogP contribution >= 0.6 is 0 Å². The first-order chi connectivity index (χ1) is 10.7. The first kappa shape index (κ1) is 15.7. The zero-order valence-electron chi connectivity index (χ0n) is 11.8. The van der Waals surface area contributed by atoms with Crippen LogP contribution in [0.2, 0.25) is 0 Å². The van der Waals surface area contributed by atoms with Gasteiger partial charge in [0, 0.05) is 5.56 Å². The molecule has 0 bridgehead atoms. The van der Waals surface area contributed by atoms with E-state index in [9.17, 15) is 9.18 Å². The molecule has 0 aliphatic heterocycles. The summed E-state index contributed by atoms with van der Waals surface area (Å²) < 4.78 is 18.7. The Morgan fingerprint density at radius 3 is 2.55 bits per heavy atom. The highest BCUT2D eigenvalue weighted by molar-refractivity contribution is 5.71. The normalized spacial score (nSPS) is 11.5. The summed E-state index contributed by atoms with van der Waals surface area (Å²) in [6.07, 6.45) is 0. The predicted octanol–water partition coefficient (Wildman–Crippen LogP) is 2.72. The third-order valence-corrected chi connectivity index (χ3v) is 3.04. The van der Waals surface area contributed by atoms with Crippen LogP contribution in [0.25, 0.3) is 0 Å². The van der Waals surface area contributed by atoms with Gasteiger partial charge in [-0.15, -0.1) is 0 Å². The minimum atomic E-state index is -0.898. The van der Waals surface area contributed by atoms with E-state index in [1.54, 1.807) is 12.1 Å². The van der Waals surface area contributed by atoms with E-state index in [1.807, 2.05) is 36.4 Å². The molecule has 0 heterocycles. The van der Waals surface area contributed by atoms with E-state index in [1.165, 1.54) is 12.1 Å². The van der Waals surface area contributed by atoms with Crippen molar-refractivity contribution in [1.29, 1.82) is 5.26 Å². The molecule has 4 nitrogen and oxygen atoms in total. The Balaban J connectivity index is 1.85. The van der Waals surface area contributed by atoms with E-state index in [4.69, 9.17) is 10.00 Å². The SMILES string of the molecule is N#CC(NCC(=O)OCc1ccccc1)c1ccccc1F. The summed E-state index contributed by atoms with van der Waals surface area (Å²) >= 11 is 0. The van der Waals surface area contributed by atoms with Gasteiger partial charge in [-0.05, 0) is 11.6 Å². The van der Waals surface area contributed by atoms with Gasteiger partial charge in [-0.2, -0.15) is 5.26 Å². The van der Waals surface area contributed by atoms with E-state index in [0.717, 1.165) is 5.56 Å². The molecule has 0 amide bonds. The lowest BCUT2D eigenvalue weighted by Gasteiger charge is -2.12. The molecule has 1 atom stereocenters. The average molecular weight is 298 g/mol. The van der Waals surface area contributed by atoms with Crippen LogP contribution in [0.1, 0.15) is 17.2 Å². The quantitative estimate of drug-likeness (QED) is 0.833. The third kappa shape index (κ3) is 4.40. The lowest BCUT2D eigenvalue weighted by atomic mass is 10.1. The van der Waals surface area contributed by atoms with Crippen LogP contribution in [-0.4, -0.2) is 12.5 Å². The van der Waals surface area contributed by atoms with Gasteiger partial charge >= 0.3 is 5.97 Å². The summed E-state index contributed by atoms with van der Waals surface area (Å²) in [5, 5.41) is 11.8. The molecule has 0 saturated carbocycles. The molecule has 0 spiro atoms.